The molecule has 4 unspecified atom stereocenters. The van der Waals surface area contributed by atoms with Gasteiger partial charge in [-0.05, 0) is 43.4 Å². The monoisotopic (exact) mass is 210 g/mol. The maximum atomic E-state index is 11.6. The Balaban J connectivity index is 2.34. The van der Waals surface area contributed by atoms with Crippen molar-refractivity contribution in [2.24, 2.45) is 23.2 Å². The third kappa shape index (κ3) is 1.54. The zero-order valence-corrected chi connectivity index (χ0v) is 10.2. The topological polar surface area (TPSA) is 37.3 Å². The molecular weight excluding hydrogens is 188 g/mol. The minimum Gasteiger partial charge on any atom is -0.389 e. The number of carbonyl (C=O) groups excluding carboxylic acids is 1. The third-order valence-corrected chi connectivity index (χ3v) is 4.76. The number of aliphatic hydroxyl groups is 1. The summed E-state index contributed by atoms with van der Waals surface area (Å²) in [6, 6.07) is 0. The van der Waals surface area contributed by atoms with Gasteiger partial charge in [-0.3, -0.25) is 4.79 Å². The van der Waals surface area contributed by atoms with Crippen LogP contribution >= 0.6 is 0 Å². The van der Waals surface area contributed by atoms with E-state index >= 15 is 0 Å². The highest BCUT2D eigenvalue weighted by molar-refractivity contribution is 5.80. The number of carbonyl (C=O) groups is 1. The van der Waals surface area contributed by atoms with Gasteiger partial charge in [-0.15, -0.1) is 0 Å². The third-order valence-electron chi connectivity index (χ3n) is 4.76. The van der Waals surface area contributed by atoms with Crippen molar-refractivity contribution in [3.8, 4) is 0 Å². The van der Waals surface area contributed by atoms with Gasteiger partial charge in [0.25, 0.3) is 0 Å². The highest BCUT2D eigenvalue weighted by Gasteiger charge is 2.58. The summed E-state index contributed by atoms with van der Waals surface area (Å²) in [5, 5.41) is 10.6. The van der Waals surface area contributed by atoms with Gasteiger partial charge in [0.05, 0.1) is 5.60 Å². The minimum atomic E-state index is -0.719. The summed E-state index contributed by atoms with van der Waals surface area (Å²) in [7, 11) is 0. The van der Waals surface area contributed by atoms with Gasteiger partial charge in [0, 0.05) is 5.92 Å². The summed E-state index contributed by atoms with van der Waals surface area (Å²) >= 11 is 0. The van der Waals surface area contributed by atoms with Crippen LogP contribution in [0.4, 0.5) is 0 Å². The van der Waals surface area contributed by atoms with Crippen molar-refractivity contribution in [2.75, 3.05) is 0 Å². The van der Waals surface area contributed by atoms with Crippen LogP contribution in [0.25, 0.3) is 0 Å². The van der Waals surface area contributed by atoms with E-state index in [0.29, 0.717) is 11.8 Å². The lowest BCUT2D eigenvalue weighted by atomic mass is 9.48. The number of ketones is 1. The fourth-order valence-electron chi connectivity index (χ4n) is 4.30. The van der Waals surface area contributed by atoms with E-state index in [1.54, 1.807) is 6.92 Å². The van der Waals surface area contributed by atoms with Gasteiger partial charge in [-0.2, -0.15) is 0 Å². The van der Waals surface area contributed by atoms with Gasteiger partial charge < -0.3 is 5.11 Å². The van der Waals surface area contributed by atoms with Crippen LogP contribution in [0.1, 0.15) is 47.0 Å². The Labute approximate surface area is 92.1 Å². The molecule has 0 aromatic rings. The van der Waals surface area contributed by atoms with Gasteiger partial charge in [-0.25, -0.2) is 0 Å². The van der Waals surface area contributed by atoms with Gasteiger partial charge in [0.1, 0.15) is 5.78 Å². The molecule has 4 atom stereocenters. The van der Waals surface area contributed by atoms with Crippen molar-refractivity contribution in [1.29, 1.82) is 0 Å². The van der Waals surface area contributed by atoms with Crippen molar-refractivity contribution >= 4 is 5.78 Å². The van der Waals surface area contributed by atoms with E-state index in [4.69, 9.17) is 0 Å². The first-order chi connectivity index (χ1) is 6.76. The Morgan fingerprint density at radius 3 is 2.40 bits per heavy atom. The average Bonchev–Trinajstić information content (AvgIpc) is 1.97. The highest BCUT2D eigenvalue weighted by Crippen LogP contribution is 2.58. The van der Waals surface area contributed by atoms with Crippen LogP contribution in [-0.4, -0.2) is 16.5 Å². The molecule has 0 saturated heterocycles. The Kier molecular flexibility index (Phi) is 2.27. The standard InChI is InChI=1S/C13H22O2/c1-8-6-13(15)7-12(3,4)10(8)5-11(13)9(2)14/h8,10-11,15H,5-7H2,1-4H3. The summed E-state index contributed by atoms with van der Waals surface area (Å²) in [6.07, 6.45) is 2.49. The molecule has 86 valence electrons. The van der Waals surface area contributed by atoms with E-state index in [-0.39, 0.29) is 17.1 Å². The average molecular weight is 210 g/mol. The van der Waals surface area contributed by atoms with E-state index in [1.165, 1.54) is 0 Å². The van der Waals surface area contributed by atoms with Crippen molar-refractivity contribution in [1.82, 2.24) is 0 Å². The summed E-state index contributed by atoms with van der Waals surface area (Å²) in [5.41, 5.74) is -0.526. The minimum absolute atomic E-state index is 0.105. The molecule has 3 aliphatic carbocycles. The maximum absolute atomic E-state index is 11.6. The SMILES string of the molecule is CC(=O)C1CC2C(C)CC1(O)CC2(C)C. The molecule has 1 N–H and O–H groups in total. The molecule has 3 rings (SSSR count). The lowest BCUT2D eigenvalue weighted by Gasteiger charge is -2.59. The van der Waals surface area contributed by atoms with Gasteiger partial charge in [0.2, 0.25) is 0 Å². The molecule has 0 heterocycles. The Morgan fingerprint density at radius 1 is 1.40 bits per heavy atom. The summed E-state index contributed by atoms with van der Waals surface area (Å²) < 4.78 is 0. The van der Waals surface area contributed by atoms with Crippen LogP contribution in [0, 0.1) is 23.2 Å². The summed E-state index contributed by atoms with van der Waals surface area (Å²) in [6.45, 7) is 8.30. The number of hydrogen-bond donors (Lipinski definition) is 1. The van der Waals surface area contributed by atoms with Crippen molar-refractivity contribution in [2.45, 2.75) is 52.6 Å². The maximum Gasteiger partial charge on any atom is 0.135 e. The van der Waals surface area contributed by atoms with E-state index in [9.17, 15) is 9.90 Å². The quantitative estimate of drug-likeness (QED) is 0.721. The Bertz CT molecular complexity index is 295. The predicted molar refractivity (Wildman–Crippen MR) is 59.4 cm³/mol. The Hall–Kier alpha value is -0.370. The summed E-state index contributed by atoms with van der Waals surface area (Å²) in [4.78, 5) is 11.6. The van der Waals surface area contributed by atoms with Crippen LogP contribution in [0.2, 0.25) is 0 Å². The van der Waals surface area contributed by atoms with Crippen molar-refractivity contribution in [3.05, 3.63) is 0 Å². The van der Waals surface area contributed by atoms with E-state index in [1.807, 2.05) is 0 Å². The molecule has 3 aliphatic rings. The molecule has 2 heteroatoms. The van der Waals surface area contributed by atoms with E-state index in [0.717, 1.165) is 19.3 Å². The molecule has 0 aliphatic heterocycles. The van der Waals surface area contributed by atoms with Crippen LogP contribution in [0.15, 0.2) is 0 Å². The second kappa shape index (κ2) is 3.07. The van der Waals surface area contributed by atoms with Gasteiger partial charge >= 0.3 is 0 Å². The number of rotatable bonds is 1. The fraction of sp³-hybridized carbons (Fsp3) is 0.923. The molecule has 0 aromatic heterocycles. The normalized spacial score (nSPS) is 47.9. The van der Waals surface area contributed by atoms with Crippen LogP contribution in [-0.2, 0) is 4.79 Å². The molecule has 0 aromatic carbocycles. The second-order valence-corrected chi connectivity index (χ2v) is 6.46. The van der Waals surface area contributed by atoms with E-state index < -0.39 is 5.60 Å². The number of fused-ring (bicyclic) bond motifs is 3. The molecule has 2 bridgehead atoms. The highest BCUT2D eigenvalue weighted by atomic mass is 16.3. The van der Waals surface area contributed by atoms with Crippen LogP contribution in [0.5, 0.6) is 0 Å². The lowest BCUT2D eigenvalue weighted by Crippen LogP contribution is -2.59. The Morgan fingerprint density at radius 2 is 2.00 bits per heavy atom. The molecule has 2 nitrogen and oxygen atoms in total. The zero-order chi connectivity index (χ0) is 11.4. The molecule has 15 heavy (non-hydrogen) atoms. The van der Waals surface area contributed by atoms with Crippen molar-refractivity contribution < 1.29 is 9.90 Å². The van der Waals surface area contributed by atoms with Gasteiger partial charge in [0.15, 0.2) is 0 Å². The van der Waals surface area contributed by atoms with E-state index in [2.05, 4.69) is 20.8 Å². The molecule has 3 saturated carbocycles. The fourth-order valence-corrected chi connectivity index (χ4v) is 4.30. The van der Waals surface area contributed by atoms with Crippen LogP contribution < -0.4 is 0 Å². The predicted octanol–water partition coefficient (Wildman–Crippen LogP) is 2.40. The van der Waals surface area contributed by atoms with Gasteiger partial charge in [-0.1, -0.05) is 20.8 Å². The summed E-state index contributed by atoms with van der Waals surface area (Å²) in [5.74, 6) is 1.21. The number of hydrogen-bond acceptors (Lipinski definition) is 2. The van der Waals surface area contributed by atoms with Crippen LogP contribution in [0.3, 0.4) is 0 Å². The molecular formula is C13H22O2. The lowest BCUT2D eigenvalue weighted by molar-refractivity contribution is -0.182. The second-order valence-electron chi connectivity index (χ2n) is 6.46. The molecule has 0 amide bonds. The first-order valence-electron chi connectivity index (χ1n) is 5.99. The first-order valence-corrected chi connectivity index (χ1v) is 5.99. The first kappa shape index (κ1) is 11.1. The smallest absolute Gasteiger partial charge is 0.135 e. The largest absolute Gasteiger partial charge is 0.389 e. The zero-order valence-electron chi connectivity index (χ0n) is 10.2. The number of Topliss-reactive ketones (excluding diaryl/α,β-unsaturated/α-hetero) is 1. The molecule has 0 spiro atoms. The molecule has 0 radical (unpaired) electrons. The molecule has 3 fully saturated rings. The van der Waals surface area contributed by atoms with Crippen molar-refractivity contribution in [3.63, 3.8) is 0 Å².